The Bertz CT molecular complexity index is 803. The van der Waals surface area contributed by atoms with Crippen molar-refractivity contribution in [1.82, 2.24) is 0 Å². The topological polar surface area (TPSA) is 74.6 Å². The molecule has 0 aliphatic carbocycles. The predicted molar refractivity (Wildman–Crippen MR) is 82.2 cm³/mol. The molecule has 0 heterocycles. The summed E-state index contributed by atoms with van der Waals surface area (Å²) in [5.74, 6) is -0.271. The van der Waals surface area contributed by atoms with Gasteiger partial charge in [-0.15, -0.1) is 0 Å². The van der Waals surface area contributed by atoms with E-state index in [1.54, 1.807) is 6.07 Å². The van der Waals surface area contributed by atoms with E-state index in [-0.39, 0.29) is 37.7 Å². The lowest BCUT2D eigenvalue weighted by Gasteiger charge is -2.11. The standard InChI is InChI=1S/C13H9Cl3O4S/c14-9-5-4-7(12(15)13(9)16)6-8-10(17)2-1-3-11(8)21(18,19)20/h1-5,17H,6H2,(H,18,19,20). The van der Waals surface area contributed by atoms with E-state index in [2.05, 4.69) is 0 Å². The van der Waals surface area contributed by atoms with Crippen molar-refractivity contribution in [1.29, 1.82) is 0 Å². The predicted octanol–water partition coefficient (Wildman–Crippen LogP) is 4.19. The van der Waals surface area contributed by atoms with Crippen molar-refractivity contribution in [3.63, 3.8) is 0 Å². The third kappa shape index (κ3) is 3.44. The van der Waals surface area contributed by atoms with E-state index in [9.17, 15) is 18.1 Å². The minimum Gasteiger partial charge on any atom is -0.508 e. The molecule has 0 fully saturated rings. The second kappa shape index (κ2) is 6.02. The maximum Gasteiger partial charge on any atom is 0.294 e. The van der Waals surface area contributed by atoms with Crippen LogP contribution in [0.15, 0.2) is 35.2 Å². The fourth-order valence-corrected chi connectivity index (χ4v) is 3.23. The summed E-state index contributed by atoms with van der Waals surface area (Å²) in [6.45, 7) is 0. The van der Waals surface area contributed by atoms with Crippen molar-refractivity contribution < 1.29 is 18.1 Å². The van der Waals surface area contributed by atoms with Crippen molar-refractivity contribution in [3.8, 4) is 5.75 Å². The van der Waals surface area contributed by atoms with Gasteiger partial charge in [0.05, 0.1) is 15.1 Å². The molecule has 0 saturated carbocycles. The third-order valence-electron chi connectivity index (χ3n) is 2.87. The summed E-state index contributed by atoms with van der Waals surface area (Å²) in [5, 5.41) is 10.4. The quantitative estimate of drug-likeness (QED) is 0.630. The molecule has 0 aliphatic rings. The van der Waals surface area contributed by atoms with Gasteiger partial charge in [0.25, 0.3) is 10.1 Å². The molecule has 0 bridgehead atoms. The Morgan fingerprint density at radius 2 is 1.67 bits per heavy atom. The third-order valence-corrected chi connectivity index (χ3v) is 5.14. The molecule has 2 aromatic carbocycles. The van der Waals surface area contributed by atoms with Crippen molar-refractivity contribution in [2.24, 2.45) is 0 Å². The van der Waals surface area contributed by atoms with Crippen molar-refractivity contribution >= 4 is 44.9 Å². The Kier molecular flexibility index (Phi) is 4.70. The van der Waals surface area contributed by atoms with Gasteiger partial charge >= 0.3 is 0 Å². The van der Waals surface area contributed by atoms with E-state index < -0.39 is 10.1 Å². The van der Waals surface area contributed by atoms with E-state index in [0.717, 1.165) is 0 Å². The lowest BCUT2D eigenvalue weighted by Crippen LogP contribution is -2.04. The molecule has 2 rings (SSSR count). The van der Waals surface area contributed by atoms with Crippen LogP contribution < -0.4 is 0 Å². The zero-order valence-electron chi connectivity index (χ0n) is 10.3. The highest BCUT2D eigenvalue weighted by atomic mass is 35.5. The minimum absolute atomic E-state index is 0.0280. The molecule has 0 saturated heterocycles. The fraction of sp³-hybridized carbons (Fsp3) is 0.0769. The van der Waals surface area contributed by atoms with Gasteiger partial charge < -0.3 is 5.11 Å². The molecule has 21 heavy (non-hydrogen) atoms. The average molecular weight is 368 g/mol. The molecular formula is C13H9Cl3O4S. The molecule has 8 heteroatoms. The largest absolute Gasteiger partial charge is 0.508 e. The normalized spacial score (nSPS) is 11.6. The van der Waals surface area contributed by atoms with Crippen LogP contribution >= 0.6 is 34.8 Å². The van der Waals surface area contributed by atoms with Crippen LogP contribution in [0.5, 0.6) is 5.75 Å². The highest BCUT2D eigenvalue weighted by Gasteiger charge is 2.20. The number of halogens is 3. The Labute approximate surface area is 136 Å². The van der Waals surface area contributed by atoms with Gasteiger partial charge in [-0.2, -0.15) is 8.42 Å². The summed E-state index contributed by atoms with van der Waals surface area (Å²) in [7, 11) is -4.47. The molecule has 0 spiro atoms. The first-order valence-electron chi connectivity index (χ1n) is 5.62. The lowest BCUT2D eigenvalue weighted by atomic mass is 10.0. The van der Waals surface area contributed by atoms with Crippen LogP contribution in [-0.4, -0.2) is 18.1 Å². The van der Waals surface area contributed by atoms with Gasteiger partial charge in [0.2, 0.25) is 0 Å². The summed E-state index contributed by atoms with van der Waals surface area (Å²) >= 11 is 17.8. The molecular weight excluding hydrogens is 359 g/mol. The number of hydrogen-bond acceptors (Lipinski definition) is 3. The molecule has 0 aliphatic heterocycles. The molecule has 0 radical (unpaired) electrons. The van der Waals surface area contributed by atoms with E-state index in [1.807, 2.05) is 0 Å². The summed E-state index contributed by atoms with van der Waals surface area (Å²) < 4.78 is 32.0. The molecule has 112 valence electrons. The molecule has 4 nitrogen and oxygen atoms in total. The Hall–Kier alpha value is -0.980. The first kappa shape index (κ1) is 16.4. The molecule has 2 aromatic rings. The zero-order valence-corrected chi connectivity index (χ0v) is 13.4. The second-order valence-corrected chi connectivity index (χ2v) is 6.79. The molecule has 0 aromatic heterocycles. The number of rotatable bonds is 3. The first-order valence-corrected chi connectivity index (χ1v) is 8.20. The van der Waals surface area contributed by atoms with Crippen molar-refractivity contribution in [2.45, 2.75) is 11.3 Å². The molecule has 0 unspecified atom stereocenters. The Morgan fingerprint density at radius 3 is 2.29 bits per heavy atom. The number of benzene rings is 2. The Balaban J connectivity index is 2.58. The smallest absolute Gasteiger partial charge is 0.294 e. The zero-order chi connectivity index (χ0) is 15.8. The maximum atomic E-state index is 11.4. The number of phenolic OH excluding ortho intramolecular Hbond substituents is 1. The van der Waals surface area contributed by atoms with Gasteiger partial charge in [-0.1, -0.05) is 46.9 Å². The van der Waals surface area contributed by atoms with Crippen LogP contribution in [0.2, 0.25) is 15.1 Å². The van der Waals surface area contributed by atoms with Gasteiger partial charge in [0, 0.05) is 12.0 Å². The van der Waals surface area contributed by atoms with Crippen molar-refractivity contribution in [3.05, 3.63) is 56.5 Å². The second-order valence-electron chi connectivity index (χ2n) is 4.24. The van der Waals surface area contributed by atoms with Crippen LogP contribution in [0, 0.1) is 0 Å². The first-order chi connectivity index (χ1) is 9.71. The van der Waals surface area contributed by atoms with Gasteiger partial charge in [-0.3, -0.25) is 4.55 Å². The van der Waals surface area contributed by atoms with E-state index >= 15 is 0 Å². The molecule has 2 N–H and O–H groups in total. The van der Waals surface area contributed by atoms with Crippen LogP contribution in [0.1, 0.15) is 11.1 Å². The lowest BCUT2D eigenvalue weighted by molar-refractivity contribution is 0.459. The number of phenols is 1. The van der Waals surface area contributed by atoms with E-state index in [0.29, 0.717) is 5.56 Å². The Morgan fingerprint density at radius 1 is 1.00 bits per heavy atom. The summed E-state index contributed by atoms with van der Waals surface area (Å²) in [5.41, 5.74) is 0.498. The number of hydrogen-bond donors (Lipinski definition) is 2. The highest BCUT2D eigenvalue weighted by molar-refractivity contribution is 7.85. The average Bonchev–Trinajstić information content (AvgIpc) is 2.40. The monoisotopic (exact) mass is 366 g/mol. The van der Waals surface area contributed by atoms with E-state index in [4.69, 9.17) is 34.8 Å². The van der Waals surface area contributed by atoms with Crippen LogP contribution in [0.4, 0.5) is 0 Å². The van der Waals surface area contributed by atoms with Crippen LogP contribution in [0.25, 0.3) is 0 Å². The van der Waals surface area contributed by atoms with Gasteiger partial charge in [0.15, 0.2) is 0 Å². The summed E-state index contributed by atoms with van der Waals surface area (Å²) in [6, 6.07) is 6.90. The highest BCUT2D eigenvalue weighted by Crippen LogP contribution is 2.36. The summed E-state index contributed by atoms with van der Waals surface area (Å²) in [4.78, 5) is -0.385. The number of aromatic hydroxyl groups is 1. The fourth-order valence-electron chi connectivity index (χ4n) is 1.87. The van der Waals surface area contributed by atoms with E-state index in [1.165, 1.54) is 24.3 Å². The van der Waals surface area contributed by atoms with Crippen LogP contribution in [-0.2, 0) is 16.5 Å². The van der Waals surface area contributed by atoms with Crippen LogP contribution in [0.3, 0.4) is 0 Å². The van der Waals surface area contributed by atoms with Gasteiger partial charge in [-0.05, 0) is 23.8 Å². The van der Waals surface area contributed by atoms with Gasteiger partial charge in [0.1, 0.15) is 10.6 Å². The molecule has 0 amide bonds. The molecule has 0 atom stereocenters. The maximum absolute atomic E-state index is 11.4. The van der Waals surface area contributed by atoms with Crippen molar-refractivity contribution in [2.75, 3.05) is 0 Å². The summed E-state index contributed by atoms with van der Waals surface area (Å²) in [6.07, 6.45) is -0.0302. The minimum atomic E-state index is -4.47. The SMILES string of the molecule is O=S(=O)(O)c1cccc(O)c1Cc1ccc(Cl)c(Cl)c1Cl. The van der Waals surface area contributed by atoms with Gasteiger partial charge in [-0.25, -0.2) is 0 Å².